The van der Waals surface area contributed by atoms with Crippen LogP contribution in [0.3, 0.4) is 0 Å². The van der Waals surface area contributed by atoms with Gasteiger partial charge in [0, 0.05) is 21.2 Å². The summed E-state index contributed by atoms with van der Waals surface area (Å²) in [5.41, 5.74) is 3.92. The summed E-state index contributed by atoms with van der Waals surface area (Å²) < 4.78 is 5.74. The number of allylic oxidation sites excluding steroid dienone is 1. The number of carbonyl (C=O) groups is 1. The summed E-state index contributed by atoms with van der Waals surface area (Å²) >= 11 is 7.73. The molecule has 0 spiro atoms. The molecule has 34 heavy (non-hydrogen) atoms. The Labute approximate surface area is 206 Å². The van der Waals surface area contributed by atoms with Gasteiger partial charge < -0.3 is 9.84 Å². The van der Waals surface area contributed by atoms with Gasteiger partial charge in [0.1, 0.15) is 0 Å². The van der Waals surface area contributed by atoms with Crippen LogP contribution in [0.1, 0.15) is 24.4 Å². The Kier molecular flexibility index (Phi) is 6.13. The lowest BCUT2D eigenvalue weighted by Gasteiger charge is -2.35. The SMILES string of the molecule is CSc1cccc(N2C(=O)NC(c3ccc(Cl)cc3)C(c3nc(-c4ccccc4)no3)=C2C)c1. The molecule has 1 unspecified atom stereocenters. The minimum absolute atomic E-state index is 0.234. The number of carbonyl (C=O) groups excluding carboxylic acids is 1. The number of urea groups is 1. The number of benzene rings is 3. The van der Waals surface area contributed by atoms with Gasteiger partial charge in [-0.3, -0.25) is 4.90 Å². The van der Waals surface area contributed by atoms with Crippen LogP contribution in [0, 0.1) is 0 Å². The Morgan fingerprint density at radius 3 is 2.53 bits per heavy atom. The van der Waals surface area contributed by atoms with Gasteiger partial charge in [-0.2, -0.15) is 4.98 Å². The summed E-state index contributed by atoms with van der Waals surface area (Å²) in [6.07, 6.45) is 2.00. The highest BCUT2D eigenvalue weighted by molar-refractivity contribution is 7.98. The molecule has 0 fully saturated rings. The van der Waals surface area contributed by atoms with Gasteiger partial charge in [-0.15, -0.1) is 11.8 Å². The number of aromatic nitrogens is 2. The zero-order chi connectivity index (χ0) is 23.7. The Morgan fingerprint density at radius 2 is 1.79 bits per heavy atom. The topological polar surface area (TPSA) is 71.3 Å². The summed E-state index contributed by atoms with van der Waals surface area (Å²) in [5.74, 6) is 0.834. The van der Waals surface area contributed by atoms with Crippen LogP contribution in [0.15, 0.2) is 94.0 Å². The third-order valence-electron chi connectivity index (χ3n) is 5.69. The van der Waals surface area contributed by atoms with E-state index in [0.717, 1.165) is 27.3 Å². The first-order valence-corrected chi connectivity index (χ1v) is 12.3. The van der Waals surface area contributed by atoms with Crippen LogP contribution in [0.5, 0.6) is 0 Å². The van der Waals surface area contributed by atoms with Crippen molar-refractivity contribution >= 4 is 40.7 Å². The zero-order valence-corrected chi connectivity index (χ0v) is 20.1. The second kappa shape index (κ2) is 9.37. The molecule has 1 N–H and O–H groups in total. The number of rotatable bonds is 5. The molecule has 170 valence electrons. The molecule has 4 aromatic rings. The van der Waals surface area contributed by atoms with Crippen molar-refractivity contribution in [3.63, 3.8) is 0 Å². The highest BCUT2D eigenvalue weighted by atomic mass is 35.5. The summed E-state index contributed by atoms with van der Waals surface area (Å²) in [6.45, 7) is 1.90. The maximum Gasteiger partial charge on any atom is 0.326 e. The number of nitrogens with zero attached hydrogens (tertiary/aromatic N) is 3. The monoisotopic (exact) mass is 488 g/mol. The van der Waals surface area contributed by atoms with Crippen LogP contribution in [0.4, 0.5) is 10.5 Å². The molecule has 8 heteroatoms. The van der Waals surface area contributed by atoms with E-state index in [1.165, 1.54) is 0 Å². The quantitative estimate of drug-likeness (QED) is 0.312. The van der Waals surface area contributed by atoms with Crippen molar-refractivity contribution < 1.29 is 9.32 Å². The fraction of sp³-hybridized carbons (Fsp3) is 0.115. The lowest BCUT2D eigenvalue weighted by molar-refractivity contribution is 0.244. The van der Waals surface area contributed by atoms with E-state index < -0.39 is 6.04 Å². The van der Waals surface area contributed by atoms with Crippen molar-refractivity contribution in [1.82, 2.24) is 15.5 Å². The number of thioether (sulfide) groups is 1. The van der Waals surface area contributed by atoms with Crippen molar-refractivity contribution in [2.45, 2.75) is 17.9 Å². The molecular weight excluding hydrogens is 468 g/mol. The zero-order valence-electron chi connectivity index (χ0n) is 18.5. The molecule has 2 heterocycles. The van der Waals surface area contributed by atoms with E-state index in [0.29, 0.717) is 22.4 Å². The third-order valence-corrected chi connectivity index (χ3v) is 6.67. The van der Waals surface area contributed by atoms with Crippen molar-refractivity contribution in [3.05, 3.63) is 101 Å². The summed E-state index contributed by atoms with van der Waals surface area (Å²) in [4.78, 5) is 20.7. The largest absolute Gasteiger partial charge is 0.334 e. The molecule has 1 aromatic heterocycles. The number of nitrogens with one attached hydrogen (secondary N) is 1. The Bertz CT molecular complexity index is 1370. The van der Waals surface area contributed by atoms with E-state index in [1.54, 1.807) is 28.8 Å². The molecule has 0 aliphatic carbocycles. The molecule has 1 aliphatic rings. The maximum absolute atomic E-state index is 13.3. The molecule has 5 rings (SSSR count). The second-order valence-electron chi connectivity index (χ2n) is 7.76. The number of hydrogen-bond donors (Lipinski definition) is 1. The maximum atomic E-state index is 13.3. The number of hydrogen-bond acceptors (Lipinski definition) is 5. The molecule has 3 aromatic carbocycles. The fourth-order valence-electron chi connectivity index (χ4n) is 4.02. The second-order valence-corrected chi connectivity index (χ2v) is 9.08. The normalized spacial score (nSPS) is 16.0. The minimum atomic E-state index is -0.478. The molecule has 2 amide bonds. The fourth-order valence-corrected chi connectivity index (χ4v) is 4.60. The molecular formula is C26H21ClN4O2S. The van der Waals surface area contributed by atoms with Gasteiger partial charge in [-0.1, -0.05) is 65.3 Å². The Morgan fingerprint density at radius 1 is 1.03 bits per heavy atom. The van der Waals surface area contributed by atoms with E-state index in [9.17, 15) is 4.79 Å². The number of anilines is 1. The predicted octanol–water partition coefficient (Wildman–Crippen LogP) is 6.81. The van der Waals surface area contributed by atoms with Crippen LogP contribution in [0.25, 0.3) is 17.0 Å². The molecule has 6 nitrogen and oxygen atoms in total. The van der Waals surface area contributed by atoms with Gasteiger partial charge in [0.25, 0.3) is 5.89 Å². The van der Waals surface area contributed by atoms with Crippen molar-refractivity contribution in [2.75, 3.05) is 11.2 Å². The first-order chi connectivity index (χ1) is 16.5. The Hall–Kier alpha value is -3.55. The van der Waals surface area contributed by atoms with Crippen LogP contribution >= 0.6 is 23.4 Å². The average Bonchev–Trinajstić information content (AvgIpc) is 3.35. The van der Waals surface area contributed by atoms with Crippen LogP contribution in [-0.4, -0.2) is 22.4 Å². The van der Waals surface area contributed by atoms with Crippen molar-refractivity contribution in [2.24, 2.45) is 0 Å². The predicted molar refractivity (Wildman–Crippen MR) is 136 cm³/mol. The van der Waals surface area contributed by atoms with Crippen molar-refractivity contribution in [3.8, 4) is 11.4 Å². The van der Waals surface area contributed by atoms with Gasteiger partial charge in [0.2, 0.25) is 5.82 Å². The van der Waals surface area contributed by atoms with Gasteiger partial charge in [0.05, 0.1) is 17.3 Å². The van der Waals surface area contributed by atoms with Crippen LogP contribution < -0.4 is 10.2 Å². The first-order valence-electron chi connectivity index (χ1n) is 10.7. The van der Waals surface area contributed by atoms with E-state index in [2.05, 4.69) is 10.5 Å². The highest BCUT2D eigenvalue weighted by Crippen LogP contribution is 2.39. The van der Waals surface area contributed by atoms with E-state index in [1.807, 2.05) is 79.9 Å². The van der Waals surface area contributed by atoms with Gasteiger partial charge in [-0.05, 0) is 49.1 Å². The third kappa shape index (κ3) is 4.20. The first kappa shape index (κ1) is 22.3. The smallest absolute Gasteiger partial charge is 0.326 e. The van der Waals surface area contributed by atoms with E-state index in [4.69, 9.17) is 21.1 Å². The van der Waals surface area contributed by atoms with Gasteiger partial charge in [-0.25, -0.2) is 4.79 Å². The average molecular weight is 489 g/mol. The van der Waals surface area contributed by atoms with Crippen molar-refractivity contribution in [1.29, 1.82) is 0 Å². The van der Waals surface area contributed by atoms with Crippen LogP contribution in [-0.2, 0) is 0 Å². The lowest BCUT2D eigenvalue weighted by atomic mass is 9.94. The Balaban J connectivity index is 1.66. The van der Waals surface area contributed by atoms with E-state index >= 15 is 0 Å². The summed E-state index contributed by atoms with van der Waals surface area (Å²) in [5, 5.41) is 7.94. The van der Waals surface area contributed by atoms with Gasteiger partial charge in [0.15, 0.2) is 0 Å². The summed E-state index contributed by atoms with van der Waals surface area (Å²) in [6, 6.07) is 24.1. The molecule has 0 saturated heterocycles. The molecule has 1 atom stereocenters. The number of halogens is 1. The van der Waals surface area contributed by atoms with Gasteiger partial charge >= 0.3 is 6.03 Å². The van der Waals surface area contributed by atoms with E-state index in [-0.39, 0.29) is 6.03 Å². The number of amides is 2. The highest BCUT2D eigenvalue weighted by Gasteiger charge is 2.36. The molecule has 1 aliphatic heterocycles. The lowest BCUT2D eigenvalue weighted by Crippen LogP contribution is -2.46. The molecule has 0 saturated carbocycles. The van der Waals surface area contributed by atoms with Crippen LogP contribution in [0.2, 0.25) is 5.02 Å². The molecule has 0 radical (unpaired) electrons. The standard InChI is InChI=1S/C26H21ClN4O2S/c1-16-22(25-29-24(30-33-25)18-7-4-3-5-8-18)23(17-11-13-19(27)14-12-17)28-26(32)31(16)20-9-6-10-21(15-20)34-2/h3-15,23H,1-2H3,(H,28,32). The molecule has 0 bridgehead atoms. The minimum Gasteiger partial charge on any atom is -0.334 e. The summed E-state index contributed by atoms with van der Waals surface area (Å²) in [7, 11) is 0.